The van der Waals surface area contributed by atoms with Gasteiger partial charge in [0.25, 0.3) is 0 Å². The van der Waals surface area contributed by atoms with Gasteiger partial charge < -0.3 is 5.32 Å². The lowest BCUT2D eigenvalue weighted by atomic mass is 9.82. The quantitative estimate of drug-likeness (QED) is 0.790. The van der Waals surface area contributed by atoms with Crippen molar-refractivity contribution >= 4 is 23.2 Å². The van der Waals surface area contributed by atoms with Gasteiger partial charge in [0, 0.05) is 6.04 Å². The molecule has 0 bridgehead atoms. The molecule has 3 heteroatoms. The predicted octanol–water partition coefficient (Wildman–Crippen LogP) is 5.33. The minimum atomic E-state index is 0.209. The molecule has 102 valence electrons. The fraction of sp³-hybridized carbons (Fsp3) is 0.600. The summed E-state index contributed by atoms with van der Waals surface area (Å²) in [5.74, 6) is 0.595. The first kappa shape index (κ1) is 15.8. The van der Waals surface area contributed by atoms with Gasteiger partial charge in [0.2, 0.25) is 0 Å². The molecule has 1 aromatic carbocycles. The largest absolute Gasteiger partial charge is 0.310 e. The zero-order valence-electron chi connectivity index (χ0n) is 11.8. The van der Waals surface area contributed by atoms with Gasteiger partial charge in [0.05, 0.1) is 10.0 Å². The first-order valence-electron chi connectivity index (χ1n) is 6.40. The Bertz CT molecular complexity index is 396. The topological polar surface area (TPSA) is 12.0 Å². The van der Waals surface area contributed by atoms with Crippen LogP contribution in [0.4, 0.5) is 0 Å². The molecule has 0 aliphatic carbocycles. The second kappa shape index (κ2) is 6.27. The van der Waals surface area contributed by atoms with Crippen LogP contribution in [0, 0.1) is 11.3 Å². The normalized spacial score (nSPS) is 15.5. The molecule has 0 amide bonds. The van der Waals surface area contributed by atoms with Crippen LogP contribution in [0.15, 0.2) is 18.2 Å². The third kappa shape index (κ3) is 4.15. The van der Waals surface area contributed by atoms with E-state index in [1.807, 2.05) is 18.2 Å². The van der Waals surface area contributed by atoms with Crippen LogP contribution in [0.5, 0.6) is 0 Å². The van der Waals surface area contributed by atoms with E-state index in [0.29, 0.717) is 21.4 Å². The number of hydrogen-bond donors (Lipinski definition) is 1. The van der Waals surface area contributed by atoms with E-state index in [4.69, 9.17) is 23.2 Å². The lowest BCUT2D eigenvalue weighted by molar-refractivity contribution is 0.247. The van der Waals surface area contributed by atoms with Gasteiger partial charge in [0.1, 0.15) is 0 Å². The van der Waals surface area contributed by atoms with E-state index in [1.54, 1.807) is 0 Å². The van der Waals surface area contributed by atoms with Crippen LogP contribution < -0.4 is 5.32 Å². The lowest BCUT2D eigenvalue weighted by Gasteiger charge is -2.29. The molecular formula is C15H23Cl2N. The molecule has 0 heterocycles. The second-order valence-electron chi connectivity index (χ2n) is 6.04. The van der Waals surface area contributed by atoms with Crippen LogP contribution >= 0.6 is 23.2 Å². The summed E-state index contributed by atoms with van der Waals surface area (Å²) >= 11 is 12.3. The molecule has 0 saturated heterocycles. The fourth-order valence-corrected chi connectivity index (χ4v) is 2.10. The van der Waals surface area contributed by atoms with Crippen molar-refractivity contribution in [2.75, 3.05) is 6.54 Å². The van der Waals surface area contributed by atoms with Crippen LogP contribution in [0.25, 0.3) is 0 Å². The number of nitrogens with one attached hydrogen (secondary N) is 1. The van der Waals surface area contributed by atoms with Gasteiger partial charge in [0.15, 0.2) is 0 Å². The number of hydrogen-bond acceptors (Lipinski definition) is 1. The predicted molar refractivity (Wildman–Crippen MR) is 81.5 cm³/mol. The third-order valence-corrected chi connectivity index (χ3v) is 4.49. The van der Waals surface area contributed by atoms with Crippen molar-refractivity contribution in [2.45, 2.75) is 40.7 Å². The van der Waals surface area contributed by atoms with Crippen LogP contribution in [0.3, 0.4) is 0 Å². The van der Waals surface area contributed by atoms with Gasteiger partial charge >= 0.3 is 0 Å². The fourth-order valence-electron chi connectivity index (χ4n) is 1.62. The zero-order chi connectivity index (χ0) is 13.9. The molecule has 2 unspecified atom stereocenters. The van der Waals surface area contributed by atoms with Crippen LogP contribution in [-0.2, 0) is 0 Å². The molecule has 0 aliphatic rings. The van der Waals surface area contributed by atoms with Crippen molar-refractivity contribution in [3.8, 4) is 0 Å². The summed E-state index contributed by atoms with van der Waals surface area (Å²) in [6.07, 6.45) is 0. The highest BCUT2D eigenvalue weighted by molar-refractivity contribution is 6.42. The molecule has 2 atom stereocenters. The summed E-state index contributed by atoms with van der Waals surface area (Å²) in [6, 6.07) is 5.99. The maximum absolute atomic E-state index is 6.22. The molecule has 1 aromatic rings. The molecule has 0 aromatic heterocycles. The Morgan fingerprint density at radius 2 is 1.78 bits per heavy atom. The van der Waals surface area contributed by atoms with Crippen molar-refractivity contribution in [3.05, 3.63) is 33.8 Å². The molecule has 0 aliphatic heterocycles. The van der Waals surface area contributed by atoms with E-state index >= 15 is 0 Å². The van der Waals surface area contributed by atoms with Gasteiger partial charge in [-0.05, 0) is 36.4 Å². The van der Waals surface area contributed by atoms with Crippen LogP contribution in [-0.4, -0.2) is 6.54 Å². The van der Waals surface area contributed by atoms with E-state index in [0.717, 1.165) is 12.1 Å². The maximum atomic E-state index is 6.22. The van der Waals surface area contributed by atoms with Gasteiger partial charge in [-0.1, -0.05) is 63.0 Å². The highest BCUT2D eigenvalue weighted by atomic mass is 35.5. The van der Waals surface area contributed by atoms with Crippen LogP contribution in [0.2, 0.25) is 10.0 Å². The molecule has 0 radical (unpaired) electrons. The summed E-state index contributed by atoms with van der Waals surface area (Å²) in [5.41, 5.74) is 1.37. The summed E-state index contributed by atoms with van der Waals surface area (Å²) < 4.78 is 0. The zero-order valence-corrected chi connectivity index (χ0v) is 13.4. The average Bonchev–Trinajstić information content (AvgIpc) is 2.27. The monoisotopic (exact) mass is 287 g/mol. The summed E-state index contributed by atoms with van der Waals surface area (Å²) in [4.78, 5) is 0. The lowest BCUT2D eigenvalue weighted by Crippen LogP contribution is -2.31. The summed E-state index contributed by atoms with van der Waals surface area (Å²) in [7, 11) is 0. The Morgan fingerprint density at radius 1 is 1.17 bits per heavy atom. The molecule has 1 nitrogen and oxygen atoms in total. The molecule has 1 N–H and O–H groups in total. The van der Waals surface area contributed by atoms with Crippen molar-refractivity contribution in [1.29, 1.82) is 0 Å². The average molecular weight is 288 g/mol. The highest BCUT2D eigenvalue weighted by Crippen LogP contribution is 2.30. The van der Waals surface area contributed by atoms with Crippen molar-refractivity contribution in [1.82, 2.24) is 5.32 Å². The number of benzene rings is 1. The smallest absolute Gasteiger partial charge is 0.0639 e. The number of halogens is 2. The third-order valence-electron chi connectivity index (χ3n) is 3.66. The van der Waals surface area contributed by atoms with E-state index in [2.05, 4.69) is 39.9 Å². The van der Waals surface area contributed by atoms with E-state index in [1.165, 1.54) is 0 Å². The minimum Gasteiger partial charge on any atom is -0.310 e. The second-order valence-corrected chi connectivity index (χ2v) is 6.83. The van der Waals surface area contributed by atoms with Crippen molar-refractivity contribution < 1.29 is 0 Å². The molecule has 0 fully saturated rings. The van der Waals surface area contributed by atoms with Gasteiger partial charge in [-0.3, -0.25) is 0 Å². The van der Waals surface area contributed by atoms with E-state index in [9.17, 15) is 0 Å². The summed E-state index contributed by atoms with van der Waals surface area (Å²) in [6.45, 7) is 12.1. The maximum Gasteiger partial charge on any atom is 0.0639 e. The standard InChI is InChI=1S/C15H23Cl2N/c1-10(15(3,4)5)9-18-11(2)12-7-6-8-13(16)14(12)17/h6-8,10-11,18H,9H2,1-5H3. The molecule has 0 spiro atoms. The first-order chi connectivity index (χ1) is 8.23. The Hall–Kier alpha value is -0.240. The van der Waals surface area contributed by atoms with Crippen molar-refractivity contribution in [2.24, 2.45) is 11.3 Å². The molecular weight excluding hydrogens is 265 g/mol. The van der Waals surface area contributed by atoms with E-state index in [-0.39, 0.29) is 6.04 Å². The summed E-state index contributed by atoms with van der Waals surface area (Å²) in [5, 5.41) is 4.80. The Balaban J connectivity index is 2.66. The minimum absolute atomic E-state index is 0.209. The molecule has 1 rings (SSSR count). The van der Waals surface area contributed by atoms with E-state index < -0.39 is 0 Å². The molecule has 0 saturated carbocycles. The van der Waals surface area contributed by atoms with Gasteiger partial charge in [-0.2, -0.15) is 0 Å². The Kier molecular flexibility index (Phi) is 5.51. The van der Waals surface area contributed by atoms with Crippen molar-refractivity contribution in [3.63, 3.8) is 0 Å². The Labute approximate surface area is 121 Å². The SMILES string of the molecule is CC(NCC(C)C(C)(C)C)c1cccc(Cl)c1Cl. The molecule has 18 heavy (non-hydrogen) atoms. The van der Waals surface area contributed by atoms with Gasteiger partial charge in [-0.15, -0.1) is 0 Å². The number of rotatable bonds is 4. The van der Waals surface area contributed by atoms with Gasteiger partial charge in [-0.25, -0.2) is 0 Å². The Morgan fingerprint density at radius 3 is 2.33 bits per heavy atom. The van der Waals surface area contributed by atoms with Crippen LogP contribution in [0.1, 0.15) is 46.2 Å². The highest BCUT2D eigenvalue weighted by Gasteiger charge is 2.21. The first-order valence-corrected chi connectivity index (χ1v) is 7.16.